The molecule has 1 atom stereocenters. The minimum atomic E-state index is 0.201. The molecule has 1 aromatic heterocycles. The lowest BCUT2D eigenvalue weighted by atomic mass is 10.2. The fraction of sp³-hybridized carbons (Fsp3) is 0.600. The third-order valence-corrected chi connectivity index (χ3v) is 2.31. The number of amidine groups is 1. The van der Waals surface area contributed by atoms with Gasteiger partial charge in [0, 0.05) is 25.7 Å². The third-order valence-electron chi connectivity index (χ3n) is 2.31. The predicted octanol–water partition coefficient (Wildman–Crippen LogP) is 0.0772. The molecule has 16 heavy (non-hydrogen) atoms. The number of rotatable bonds is 6. The Morgan fingerprint density at radius 1 is 1.75 bits per heavy atom. The van der Waals surface area contributed by atoms with Crippen LogP contribution in [0, 0.1) is 0 Å². The van der Waals surface area contributed by atoms with E-state index < -0.39 is 0 Å². The Bertz CT molecular complexity index is 347. The average Bonchev–Trinajstić information content (AvgIpc) is 2.64. The van der Waals surface area contributed by atoms with Crippen molar-refractivity contribution in [2.45, 2.75) is 25.8 Å². The number of nitrogens with two attached hydrogens (primary N) is 1. The lowest BCUT2D eigenvalue weighted by Gasteiger charge is -2.11. The van der Waals surface area contributed by atoms with Crippen LogP contribution < -0.4 is 11.1 Å². The number of oxime groups is 1. The topological polar surface area (TPSA) is 88.5 Å². The van der Waals surface area contributed by atoms with E-state index in [4.69, 9.17) is 10.9 Å². The van der Waals surface area contributed by atoms with Crippen molar-refractivity contribution < 1.29 is 5.21 Å². The molecule has 0 fully saturated rings. The zero-order valence-electron chi connectivity index (χ0n) is 9.72. The van der Waals surface area contributed by atoms with Crippen molar-refractivity contribution >= 4 is 5.84 Å². The number of hydrogen-bond acceptors (Lipinski definition) is 4. The molecular formula is C10H19N5O. The van der Waals surface area contributed by atoms with Gasteiger partial charge < -0.3 is 16.3 Å². The Labute approximate surface area is 95.1 Å². The van der Waals surface area contributed by atoms with Crippen LogP contribution in [0.2, 0.25) is 0 Å². The predicted molar refractivity (Wildman–Crippen MR) is 62.4 cm³/mol. The maximum Gasteiger partial charge on any atom is 0.140 e. The standard InChI is InChI=1S/C10H19N5O/c1-8(5-10(11)14-16)12-4-3-9-6-13-15(2)7-9/h6-8,12,16H,3-5H2,1-2H3,(H2,11,14). The van der Waals surface area contributed by atoms with Crippen LogP contribution in [0.1, 0.15) is 18.9 Å². The largest absolute Gasteiger partial charge is 0.409 e. The van der Waals surface area contributed by atoms with Crippen molar-refractivity contribution in [3.05, 3.63) is 18.0 Å². The van der Waals surface area contributed by atoms with Crippen molar-refractivity contribution in [2.24, 2.45) is 17.9 Å². The summed E-state index contributed by atoms with van der Waals surface area (Å²) < 4.78 is 1.79. The average molecular weight is 225 g/mol. The van der Waals surface area contributed by atoms with E-state index >= 15 is 0 Å². The van der Waals surface area contributed by atoms with E-state index in [1.165, 1.54) is 5.56 Å². The van der Waals surface area contributed by atoms with Crippen molar-refractivity contribution in [1.29, 1.82) is 0 Å². The molecule has 1 heterocycles. The molecule has 90 valence electrons. The molecule has 6 heteroatoms. The first-order valence-electron chi connectivity index (χ1n) is 5.29. The molecule has 1 unspecified atom stereocenters. The van der Waals surface area contributed by atoms with Gasteiger partial charge in [-0.1, -0.05) is 5.16 Å². The number of hydrogen-bond donors (Lipinski definition) is 3. The second-order valence-electron chi connectivity index (χ2n) is 3.92. The van der Waals surface area contributed by atoms with Gasteiger partial charge in [-0.25, -0.2) is 0 Å². The SMILES string of the molecule is CC(CC(N)=NO)NCCc1cnn(C)c1. The Kier molecular flexibility index (Phi) is 4.78. The molecular weight excluding hydrogens is 206 g/mol. The highest BCUT2D eigenvalue weighted by molar-refractivity contribution is 5.80. The van der Waals surface area contributed by atoms with Gasteiger partial charge in [0.25, 0.3) is 0 Å². The molecule has 0 aliphatic carbocycles. The van der Waals surface area contributed by atoms with E-state index in [0.717, 1.165) is 13.0 Å². The van der Waals surface area contributed by atoms with E-state index in [-0.39, 0.29) is 11.9 Å². The molecule has 0 radical (unpaired) electrons. The smallest absolute Gasteiger partial charge is 0.140 e. The summed E-state index contributed by atoms with van der Waals surface area (Å²) in [5, 5.41) is 18.7. The van der Waals surface area contributed by atoms with E-state index in [9.17, 15) is 0 Å². The van der Waals surface area contributed by atoms with Crippen molar-refractivity contribution in [3.63, 3.8) is 0 Å². The van der Waals surface area contributed by atoms with Crippen LogP contribution in [-0.4, -0.2) is 33.4 Å². The highest BCUT2D eigenvalue weighted by atomic mass is 16.4. The summed E-state index contributed by atoms with van der Waals surface area (Å²) in [5.74, 6) is 0.251. The Balaban J connectivity index is 2.20. The third kappa shape index (κ3) is 4.31. The zero-order chi connectivity index (χ0) is 12.0. The minimum Gasteiger partial charge on any atom is -0.409 e. The second kappa shape index (κ2) is 6.12. The first-order valence-corrected chi connectivity index (χ1v) is 5.29. The van der Waals surface area contributed by atoms with Crippen molar-refractivity contribution in [1.82, 2.24) is 15.1 Å². The molecule has 0 amide bonds. The van der Waals surface area contributed by atoms with Gasteiger partial charge in [0.2, 0.25) is 0 Å². The molecule has 6 nitrogen and oxygen atoms in total. The van der Waals surface area contributed by atoms with Gasteiger partial charge in [-0.15, -0.1) is 0 Å². The molecule has 0 aliphatic rings. The Morgan fingerprint density at radius 2 is 2.50 bits per heavy atom. The maximum absolute atomic E-state index is 8.41. The highest BCUT2D eigenvalue weighted by Gasteiger charge is 2.04. The van der Waals surface area contributed by atoms with E-state index in [1.54, 1.807) is 4.68 Å². The molecule has 4 N–H and O–H groups in total. The van der Waals surface area contributed by atoms with Crippen LogP contribution in [0.4, 0.5) is 0 Å². The first kappa shape index (κ1) is 12.5. The molecule has 1 aromatic rings. The summed E-state index contributed by atoms with van der Waals surface area (Å²) >= 11 is 0. The molecule has 1 rings (SSSR count). The summed E-state index contributed by atoms with van der Waals surface area (Å²) in [6, 6.07) is 0.201. The molecule has 0 aromatic carbocycles. The summed E-state index contributed by atoms with van der Waals surface area (Å²) in [4.78, 5) is 0. The van der Waals surface area contributed by atoms with Crippen LogP contribution in [0.15, 0.2) is 17.5 Å². The second-order valence-corrected chi connectivity index (χ2v) is 3.92. The van der Waals surface area contributed by atoms with Gasteiger partial charge in [-0.3, -0.25) is 4.68 Å². The van der Waals surface area contributed by atoms with Crippen molar-refractivity contribution in [3.8, 4) is 0 Å². The van der Waals surface area contributed by atoms with Crippen LogP contribution in [0.3, 0.4) is 0 Å². The Hall–Kier alpha value is -1.56. The van der Waals surface area contributed by atoms with Gasteiger partial charge in [0.15, 0.2) is 0 Å². The molecule has 0 saturated carbocycles. The summed E-state index contributed by atoms with van der Waals surface area (Å²) in [5.41, 5.74) is 6.61. The summed E-state index contributed by atoms with van der Waals surface area (Å²) in [7, 11) is 1.90. The number of nitrogens with zero attached hydrogens (tertiary/aromatic N) is 3. The van der Waals surface area contributed by atoms with Crippen LogP contribution in [0.5, 0.6) is 0 Å². The molecule has 0 aliphatic heterocycles. The number of aryl methyl sites for hydroxylation is 1. The first-order chi connectivity index (χ1) is 7.61. The molecule has 0 bridgehead atoms. The van der Waals surface area contributed by atoms with E-state index in [1.807, 2.05) is 26.4 Å². The lowest BCUT2D eigenvalue weighted by molar-refractivity contribution is 0.316. The number of aromatic nitrogens is 2. The van der Waals surface area contributed by atoms with E-state index in [0.29, 0.717) is 6.42 Å². The summed E-state index contributed by atoms with van der Waals surface area (Å²) in [6.07, 6.45) is 5.32. The van der Waals surface area contributed by atoms with Crippen LogP contribution in [-0.2, 0) is 13.5 Å². The normalized spacial score (nSPS) is 14.0. The molecule has 0 saturated heterocycles. The highest BCUT2D eigenvalue weighted by Crippen LogP contribution is 1.97. The fourth-order valence-corrected chi connectivity index (χ4v) is 1.49. The van der Waals surface area contributed by atoms with Gasteiger partial charge in [0.1, 0.15) is 5.84 Å². The lowest BCUT2D eigenvalue weighted by Crippen LogP contribution is -2.32. The quantitative estimate of drug-likeness (QED) is 0.277. The van der Waals surface area contributed by atoms with E-state index in [2.05, 4.69) is 15.6 Å². The zero-order valence-corrected chi connectivity index (χ0v) is 9.72. The van der Waals surface area contributed by atoms with Gasteiger partial charge in [0.05, 0.1) is 6.20 Å². The maximum atomic E-state index is 8.41. The Morgan fingerprint density at radius 3 is 3.06 bits per heavy atom. The van der Waals surface area contributed by atoms with Gasteiger partial charge in [-0.2, -0.15) is 5.10 Å². The monoisotopic (exact) mass is 225 g/mol. The van der Waals surface area contributed by atoms with Crippen LogP contribution in [0.25, 0.3) is 0 Å². The fourth-order valence-electron chi connectivity index (χ4n) is 1.49. The minimum absolute atomic E-state index is 0.201. The van der Waals surface area contributed by atoms with Crippen LogP contribution >= 0.6 is 0 Å². The number of nitrogens with one attached hydrogen (secondary N) is 1. The van der Waals surface area contributed by atoms with Gasteiger partial charge >= 0.3 is 0 Å². The van der Waals surface area contributed by atoms with Gasteiger partial charge in [-0.05, 0) is 25.5 Å². The molecule has 0 spiro atoms. The van der Waals surface area contributed by atoms with Crippen molar-refractivity contribution in [2.75, 3.05) is 6.54 Å². The summed E-state index contributed by atoms with van der Waals surface area (Å²) in [6.45, 7) is 2.85.